The van der Waals surface area contributed by atoms with Crippen molar-refractivity contribution in [3.63, 3.8) is 0 Å². The van der Waals surface area contributed by atoms with Gasteiger partial charge in [0.15, 0.2) is 0 Å². The molecule has 3 rings (SSSR count). The molecule has 1 aliphatic rings. The van der Waals surface area contributed by atoms with Crippen molar-refractivity contribution in [1.29, 1.82) is 0 Å². The fraction of sp³-hybridized carbons (Fsp3) is 0.176. The number of hydrogen-bond donors (Lipinski definition) is 1. The molecule has 130 valence electrons. The predicted octanol–water partition coefficient (Wildman–Crippen LogP) is 2.87. The van der Waals surface area contributed by atoms with Crippen molar-refractivity contribution in [1.82, 2.24) is 4.90 Å². The molecule has 1 N–H and O–H groups in total. The van der Waals surface area contributed by atoms with Crippen molar-refractivity contribution in [2.75, 3.05) is 0 Å². The van der Waals surface area contributed by atoms with Gasteiger partial charge in [0.2, 0.25) is 0 Å². The third kappa shape index (κ3) is 3.00. The molecule has 1 heterocycles. The number of alkyl halides is 3. The van der Waals surface area contributed by atoms with Gasteiger partial charge in [0.05, 0.1) is 6.54 Å². The summed E-state index contributed by atoms with van der Waals surface area (Å²) in [4.78, 5) is 16.3. The maximum absolute atomic E-state index is 13.2. The summed E-state index contributed by atoms with van der Waals surface area (Å²) in [5, 5.41) is 9.86. The van der Waals surface area contributed by atoms with Gasteiger partial charge in [-0.05, 0) is 17.7 Å². The summed E-state index contributed by atoms with van der Waals surface area (Å²) in [6, 6.07) is 12.7. The van der Waals surface area contributed by atoms with Crippen LogP contribution in [0.25, 0.3) is 0 Å². The zero-order chi connectivity index (χ0) is 18.2. The molecule has 0 aromatic heterocycles. The van der Waals surface area contributed by atoms with Crippen LogP contribution in [0.5, 0.6) is 0 Å². The Bertz CT molecular complexity index is 819. The highest BCUT2D eigenvalue weighted by Crippen LogP contribution is 2.38. The Balaban J connectivity index is 2.04. The van der Waals surface area contributed by atoms with Crippen LogP contribution < -0.4 is 0 Å². The SMILES string of the molecule is O=C1N(Cc2ccc(F)cc2)C(c2ccccc2)=NC1(O)C(F)(F)F. The lowest BCUT2D eigenvalue weighted by Gasteiger charge is -2.23. The number of aliphatic imine (C=N–C) groups is 1. The normalized spacial score (nSPS) is 20.8. The molecule has 1 atom stereocenters. The van der Waals surface area contributed by atoms with E-state index in [4.69, 9.17) is 0 Å². The zero-order valence-electron chi connectivity index (χ0n) is 12.7. The highest BCUT2D eigenvalue weighted by molar-refractivity contribution is 6.14. The molecule has 2 aromatic rings. The smallest absolute Gasteiger partial charge is 0.355 e. The molecule has 0 fully saturated rings. The van der Waals surface area contributed by atoms with E-state index in [9.17, 15) is 27.5 Å². The van der Waals surface area contributed by atoms with E-state index in [1.54, 1.807) is 18.2 Å². The number of aliphatic hydroxyl groups is 1. The van der Waals surface area contributed by atoms with E-state index in [2.05, 4.69) is 4.99 Å². The number of carbonyl (C=O) groups excluding carboxylic acids is 1. The summed E-state index contributed by atoms with van der Waals surface area (Å²) < 4.78 is 52.6. The number of amidine groups is 1. The van der Waals surface area contributed by atoms with E-state index in [1.165, 1.54) is 24.3 Å². The van der Waals surface area contributed by atoms with Crippen LogP contribution in [0.2, 0.25) is 0 Å². The quantitative estimate of drug-likeness (QED) is 0.864. The molecule has 8 heteroatoms. The lowest BCUT2D eigenvalue weighted by molar-refractivity contribution is -0.248. The summed E-state index contributed by atoms with van der Waals surface area (Å²) >= 11 is 0. The molecule has 0 saturated heterocycles. The minimum atomic E-state index is -5.26. The third-order valence-corrected chi connectivity index (χ3v) is 3.75. The Kier molecular flexibility index (Phi) is 4.08. The van der Waals surface area contributed by atoms with Crippen LogP contribution in [0, 0.1) is 5.82 Å². The van der Waals surface area contributed by atoms with Crippen molar-refractivity contribution in [2.24, 2.45) is 4.99 Å². The Morgan fingerprint density at radius 3 is 2.20 bits per heavy atom. The molecule has 1 aliphatic heterocycles. The van der Waals surface area contributed by atoms with E-state index in [0.29, 0.717) is 5.56 Å². The number of nitrogens with zero attached hydrogens (tertiary/aromatic N) is 2. The molecular weight excluding hydrogens is 340 g/mol. The summed E-state index contributed by atoms with van der Waals surface area (Å²) in [6.07, 6.45) is -5.26. The van der Waals surface area contributed by atoms with Gasteiger partial charge in [-0.15, -0.1) is 0 Å². The van der Waals surface area contributed by atoms with E-state index >= 15 is 0 Å². The Morgan fingerprint density at radius 1 is 1.04 bits per heavy atom. The van der Waals surface area contributed by atoms with Gasteiger partial charge < -0.3 is 5.11 Å². The molecule has 2 aromatic carbocycles. The Morgan fingerprint density at radius 2 is 1.64 bits per heavy atom. The Labute approximate surface area is 140 Å². The van der Waals surface area contributed by atoms with Gasteiger partial charge in [-0.3, -0.25) is 9.69 Å². The van der Waals surface area contributed by atoms with Gasteiger partial charge in [-0.2, -0.15) is 13.2 Å². The zero-order valence-corrected chi connectivity index (χ0v) is 12.7. The first kappa shape index (κ1) is 17.1. The number of halogens is 4. The molecule has 0 spiro atoms. The van der Waals surface area contributed by atoms with Gasteiger partial charge in [0, 0.05) is 5.56 Å². The first-order valence-corrected chi connectivity index (χ1v) is 7.23. The first-order chi connectivity index (χ1) is 11.7. The fourth-order valence-electron chi connectivity index (χ4n) is 2.46. The molecule has 0 aliphatic carbocycles. The van der Waals surface area contributed by atoms with Gasteiger partial charge in [-0.1, -0.05) is 42.5 Å². The maximum atomic E-state index is 13.2. The topological polar surface area (TPSA) is 52.9 Å². The van der Waals surface area contributed by atoms with E-state index in [0.717, 1.165) is 17.0 Å². The lowest BCUT2D eigenvalue weighted by atomic mass is 10.1. The summed E-state index contributed by atoms with van der Waals surface area (Å²) in [7, 11) is 0. The van der Waals surface area contributed by atoms with Crippen molar-refractivity contribution in [3.05, 3.63) is 71.5 Å². The van der Waals surface area contributed by atoms with Crippen LogP contribution in [-0.2, 0) is 11.3 Å². The molecule has 1 unspecified atom stereocenters. The standard InChI is InChI=1S/C17H12F4N2O2/c18-13-8-6-11(7-9-13)10-23-14(12-4-2-1-3-5-12)22-16(25,15(23)24)17(19,20)21/h1-9,25H,10H2. The van der Waals surface area contributed by atoms with Crippen LogP contribution in [0.3, 0.4) is 0 Å². The van der Waals surface area contributed by atoms with Crippen molar-refractivity contribution in [3.8, 4) is 0 Å². The van der Waals surface area contributed by atoms with Gasteiger partial charge in [-0.25, -0.2) is 9.38 Å². The predicted molar refractivity (Wildman–Crippen MR) is 80.9 cm³/mol. The number of hydrogen-bond acceptors (Lipinski definition) is 3. The van der Waals surface area contributed by atoms with Crippen molar-refractivity contribution < 1.29 is 27.5 Å². The molecule has 25 heavy (non-hydrogen) atoms. The fourth-order valence-corrected chi connectivity index (χ4v) is 2.46. The van der Waals surface area contributed by atoms with Gasteiger partial charge >= 0.3 is 11.9 Å². The minimum Gasteiger partial charge on any atom is -0.355 e. The first-order valence-electron chi connectivity index (χ1n) is 7.23. The second-order valence-corrected chi connectivity index (χ2v) is 5.49. The van der Waals surface area contributed by atoms with E-state index in [1.807, 2.05) is 0 Å². The molecule has 4 nitrogen and oxygen atoms in total. The molecule has 1 amide bonds. The van der Waals surface area contributed by atoms with E-state index < -0.39 is 23.6 Å². The molecule has 0 radical (unpaired) electrons. The van der Waals surface area contributed by atoms with Crippen LogP contribution in [0.15, 0.2) is 59.6 Å². The van der Waals surface area contributed by atoms with Gasteiger partial charge in [0.25, 0.3) is 5.91 Å². The Hall–Kier alpha value is -2.74. The number of benzene rings is 2. The number of rotatable bonds is 3. The summed E-state index contributed by atoms with van der Waals surface area (Å²) in [6.45, 7) is -0.286. The van der Waals surface area contributed by atoms with Crippen molar-refractivity contribution in [2.45, 2.75) is 18.4 Å². The van der Waals surface area contributed by atoms with Crippen LogP contribution >= 0.6 is 0 Å². The van der Waals surface area contributed by atoms with Crippen LogP contribution in [0.4, 0.5) is 17.6 Å². The largest absolute Gasteiger partial charge is 0.448 e. The van der Waals surface area contributed by atoms with Crippen molar-refractivity contribution >= 4 is 11.7 Å². The number of carbonyl (C=O) groups is 1. The monoisotopic (exact) mass is 352 g/mol. The van der Waals surface area contributed by atoms with E-state index in [-0.39, 0.29) is 17.9 Å². The highest BCUT2D eigenvalue weighted by atomic mass is 19.4. The highest BCUT2D eigenvalue weighted by Gasteiger charge is 2.65. The maximum Gasteiger partial charge on any atom is 0.448 e. The van der Waals surface area contributed by atoms with Crippen LogP contribution in [0.1, 0.15) is 11.1 Å². The summed E-state index contributed by atoms with van der Waals surface area (Å²) in [5.74, 6) is -2.40. The lowest BCUT2D eigenvalue weighted by Crippen LogP contribution is -2.52. The second kappa shape index (κ2) is 5.96. The molecule has 0 saturated carbocycles. The second-order valence-electron chi connectivity index (χ2n) is 5.49. The molecular formula is C17H12F4N2O2. The summed E-state index contributed by atoms with van der Waals surface area (Å²) in [5.41, 5.74) is -3.19. The average Bonchev–Trinajstić information content (AvgIpc) is 2.83. The number of amides is 1. The minimum absolute atomic E-state index is 0.248. The van der Waals surface area contributed by atoms with Gasteiger partial charge in [0.1, 0.15) is 11.7 Å². The van der Waals surface area contributed by atoms with Crippen LogP contribution in [-0.4, -0.2) is 33.7 Å². The molecule has 0 bridgehead atoms. The third-order valence-electron chi connectivity index (χ3n) is 3.75. The average molecular weight is 352 g/mol.